The number of ether oxygens (including phenoxy) is 1. The van der Waals surface area contributed by atoms with Crippen molar-refractivity contribution in [2.75, 3.05) is 0 Å². The second-order valence-corrected chi connectivity index (χ2v) is 6.91. The van der Waals surface area contributed by atoms with Crippen LogP contribution in [0, 0.1) is 0 Å². The fraction of sp³-hybridized carbons (Fsp3) is 0.0455. The first-order valence-corrected chi connectivity index (χ1v) is 9.79. The second kappa shape index (κ2) is 9.01. The molecule has 28 heavy (non-hydrogen) atoms. The van der Waals surface area contributed by atoms with Gasteiger partial charge in [-0.25, -0.2) is 0 Å². The molecular weight excluding hydrogens is 368 g/mol. The van der Waals surface area contributed by atoms with Gasteiger partial charge in [0.1, 0.15) is 17.8 Å². The normalized spacial score (nSPS) is 11.0. The molecule has 0 bridgehead atoms. The molecule has 5 nitrogen and oxygen atoms in total. The Balaban J connectivity index is 1.43. The van der Waals surface area contributed by atoms with Crippen molar-refractivity contribution in [3.05, 3.63) is 102 Å². The molecule has 0 amide bonds. The molecule has 4 rings (SSSR count). The molecule has 1 aromatic heterocycles. The number of nitrogens with zero attached hydrogens (tertiary/aromatic N) is 4. The van der Waals surface area contributed by atoms with Gasteiger partial charge in [-0.1, -0.05) is 72.4 Å². The Bertz CT molecular complexity index is 1050. The van der Waals surface area contributed by atoms with Crippen molar-refractivity contribution >= 4 is 18.0 Å². The van der Waals surface area contributed by atoms with Crippen LogP contribution in [0.5, 0.6) is 11.5 Å². The van der Waals surface area contributed by atoms with Gasteiger partial charge in [0, 0.05) is 5.75 Å². The van der Waals surface area contributed by atoms with E-state index in [-0.39, 0.29) is 0 Å². The Morgan fingerprint density at radius 3 is 2.46 bits per heavy atom. The minimum Gasteiger partial charge on any atom is -0.457 e. The molecular formula is C22H18N4OS. The number of hydrogen-bond donors (Lipinski definition) is 0. The van der Waals surface area contributed by atoms with Crippen molar-refractivity contribution in [2.45, 2.75) is 10.9 Å². The van der Waals surface area contributed by atoms with Gasteiger partial charge in [-0.2, -0.15) is 9.78 Å². The first-order chi connectivity index (χ1) is 13.9. The smallest absolute Gasteiger partial charge is 0.212 e. The van der Waals surface area contributed by atoms with E-state index in [0.717, 1.165) is 28.0 Å². The molecule has 0 unspecified atom stereocenters. The second-order valence-electron chi connectivity index (χ2n) is 5.96. The molecule has 3 aromatic carbocycles. The molecule has 4 aromatic rings. The SMILES string of the molecule is C(=Nn1cnnc1SCc1ccccc1)c1cccc(Oc2ccccc2)c1. The van der Waals surface area contributed by atoms with Gasteiger partial charge in [-0.05, 0) is 35.4 Å². The van der Waals surface area contributed by atoms with Gasteiger partial charge in [0.2, 0.25) is 5.16 Å². The Morgan fingerprint density at radius 2 is 1.64 bits per heavy atom. The van der Waals surface area contributed by atoms with Crippen molar-refractivity contribution < 1.29 is 4.74 Å². The predicted octanol–water partition coefficient (Wildman–Crippen LogP) is 5.24. The van der Waals surface area contributed by atoms with Crippen LogP contribution in [0.3, 0.4) is 0 Å². The third-order valence-corrected chi connectivity index (χ3v) is 4.88. The maximum atomic E-state index is 5.87. The van der Waals surface area contributed by atoms with Crippen molar-refractivity contribution in [1.82, 2.24) is 14.9 Å². The molecule has 0 N–H and O–H groups in total. The van der Waals surface area contributed by atoms with Gasteiger partial charge in [0.25, 0.3) is 0 Å². The molecule has 6 heteroatoms. The van der Waals surface area contributed by atoms with Crippen LogP contribution in [0.1, 0.15) is 11.1 Å². The van der Waals surface area contributed by atoms with Crippen LogP contribution in [0.2, 0.25) is 0 Å². The van der Waals surface area contributed by atoms with Crippen molar-refractivity contribution in [2.24, 2.45) is 5.10 Å². The Morgan fingerprint density at radius 1 is 0.893 bits per heavy atom. The number of hydrogen-bond acceptors (Lipinski definition) is 5. The summed E-state index contributed by atoms with van der Waals surface area (Å²) in [6.07, 6.45) is 3.38. The topological polar surface area (TPSA) is 52.3 Å². The molecule has 0 fully saturated rings. The summed E-state index contributed by atoms with van der Waals surface area (Å²) in [7, 11) is 0. The van der Waals surface area contributed by atoms with E-state index in [1.807, 2.05) is 72.8 Å². The molecule has 0 saturated heterocycles. The van der Waals surface area contributed by atoms with E-state index in [2.05, 4.69) is 27.4 Å². The van der Waals surface area contributed by atoms with E-state index < -0.39 is 0 Å². The average Bonchev–Trinajstić information content (AvgIpc) is 3.20. The molecule has 0 radical (unpaired) electrons. The zero-order valence-electron chi connectivity index (χ0n) is 15.1. The van der Waals surface area contributed by atoms with Crippen LogP contribution < -0.4 is 4.74 Å². The maximum Gasteiger partial charge on any atom is 0.212 e. The van der Waals surface area contributed by atoms with Crippen molar-refractivity contribution in [3.63, 3.8) is 0 Å². The number of aromatic nitrogens is 3. The molecule has 0 aliphatic heterocycles. The van der Waals surface area contributed by atoms with E-state index in [1.165, 1.54) is 5.56 Å². The van der Waals surface area contributed by atoms with E-state index in [1.54, 1.807) is 29.0 Å². The summed E-state index contributed by atoms with van der Waals surface area (Å²) in [5.41, 5.74) is 2.16. The average molecular weight is 386 g/mol. The van der Waals surface area contributed by atoms with Gasteiger partial charge in [0.05, 0.1) is 6.21 Å². The van der Waals surface area contributed by atoms with Gasteiger partial charge >= 0.3 is 0 Å². The van der Waals surface area contributed by atoms with Gasteiger partial charge in [-0.3, -0.25) is 0 Å². The third kappa shape index (κ3) is 4.86. The maximum absolute atomic E-state index is 5.87. The number of rotatable bonds is 7. The van der Waals surface area contributed by atoms with Crippen molar-refractivity contribution in [3.8, 4) is 11.5 Å². The summed E-state index contributed by atoms with van der Waals surface area (Å²) >= 11 is 1.60. The quantitative estimate of drug-likeness (QED) is 0.322. The fourth-order valence-corrected chi connectivity index (χ4v) is 3.35. The molecule has 0 saturated carbocycles. The molecule has 0 aliphatic carbocycles. The molecule has 0 aliphatic rings. The highest BCUT2D eigenvalue weighted by Crippen LogP contribution is 2.22. The third-order valence-electron chi connectivity index (χ3n) is 3.88. The van der Waals surface area contributed by atoms with E-state index in [4.69, 9.17) is 4.74 Å². The molecule has 0 spiro atoms. The van der Waals surface area contributed by atoms with E-state index in [0.29, 0.717) is 0 Å². The Labute approximate surface area is 167 Å². The standard InChI is InChI=1S/C22H18N4OS/c1-3-8-18(9-4-1)16-28-22-25-23-17-26(22)24-15-19-10-7-13-21(14-19)27-20-11-5-2-6-12-20/h1-15,17H,16H2. The molecule has 0 atom stereocenters. The van der Waals surface area contributed by atoms with Crippen molar-refractivity contribution in [1.29, 1.82) is 0 Å². The summed E-state index contributed by atoms with van der Waals surface area (Å²) < 4.78 is 7.55. The highest BCUT2D eigenvalue weighted by Gasteiger charge is 2.04. The monoisotopic (exact) mass is 386 g/mol. The lowest BCUT2D eigenvalue weighted by atomic mass is 10.2. The van der Waals surface area contributed by atoms with E-state index >= 15 is 0 Å². The van der Waals surface area contributed by atoms with E-state index in [9.17, 15) is 0 Å². The first-order valence-electron chi connectivity index (χ1n) is 8.81. The van der Waals surface area contributed by atoms with Crippen LogP contribution in [0.4, 0.5) is 0 Å². The summed E-state index contributed by atoms with van der Waals surface area (Å²) in [5.74, 6) is 2.38. The number of para-hydroxylation sites is 1. The first kappa shape index (κ1) is 18.0. The summed E-state index contributed by atoms with van der Waals surface area (Å²) in [6.45, 7) is 0. The van der Waals surface area contributed by atoms with Crippen LogP contribution in [0.25, 0.3) is 0 Å². The fourth-order valence-electron chi connectivity index (χ4n) is 2.53. The Kier molecular flexibility index (Phi) is 5.80. The summed E-state index contributed by atoms with van der Waals surface area (Å²) in [4.78, 5) is 0. The van der Waals surface area contributed by atoms with Crippen LogP contribution in [-0.4, -0.2) is 21.1 Å². The number of thioether (sulfide) groups is 1. The minimum absolute atomic E-state index is 0.747. The predicted molar refractivity (Wildman–Crippen MR) is 112 cm³/mol. The highest BCUT2D eigenvalue weighted by molar-refractivity contribution is 7.98. The van der Waals surface area contributed by atoms with Gasteiger partial charge < -0.3 is 4.74 Å². The zero-order valence-corrected chi connectivity index (χ0v) is 15.9. The lowest BCUT2D eigenvalue weighted by Crippen LogP contribution is -1.93. The molecule has 1 heterocycles. The Hall–Kier alpha value is -3.38. The molecule has 138 valence electrons. The number of benzene rings is 3. The van der Waals surface area contributed by atoms with Crippen LogP contribution >= 0.6 is 11.8 Å². The van der Waals surface area contributed by atoms with Gasteiger partial charge in [-0.15, -0.1) is 10.2 Å². The van der Waals surface area contributed by atoms with Crippen LogP contribution in [0.15, 0.2) is 102 Å². The zero-order chi connectivity index (χ0) is 19.0. The largest absolute Gasteiger partial charge is 0.457 e. The lowest BCUT2D eigenvalue weighted by Gasteiger charge is -2.06. The van der Waals surface area contributed by atoms with Gasteiger partial charge in [0.15, 0.2) is 0 Å². The summed E-state index contributed by atoms with van der Waals surface area (Å²) in [6, 6.07) is 27.7. The highest BCUT2D eigenvalue weighted by atomic mass is 32.2. The van der Waals surface area contributed by atoms with Crippen LogP contribution in [-0.2, 0) is 5.75 Å². The minimum atomic E-state index is 0.747. The summed E-state index contributed by atoms with van der Waals surface area (Å²) in [5, 5.41) is 13.4. The lowest BCUT2D eigenvalue weighted by molar-refractivity contribution is 0.482.